The lowest BCUT2D eigenvalue weighted by molar-refractivity contribution is -0.104. The highest BCUT2D eigenvalue weighted by molar-refractivity contribution is 5.23. The fourth-order valence-corrected chi connectivity index (χ4v) is 6.85. The molecule has 0 saturated heterocycles. The molecule has 3 N–H and O–H groups in total. The lowest BCUT2D eigenvalue weighted by Gasteiger charge is -2.56. The highest BCUT2D eigenvalue weighted by atomic mass is 16.3. The zero-order valence-electron chi connectivity index (χ0n) is 15.7. The molecule has 3 fully saturated rings. The molecule has 3 aliphatic rings. The number of hydrogen-bond acceptors (Lipinski definition) is 3. The first-order chi connectivity index (χ1) is 11.4. The van der Waals surface area contributed by atoms with Gasteiger partial charge in [-0.25, -0.2) is 0 Å². The molecule has 0 aliphatic heterocycles. The predicted molar refractivity (Wildman–Crippen MR) is 96.4 cm³/mol. The third-order valence-corrected chi connectivity index (χ3v) is 8.42. The Morgan fingerprint density at radius 2 is 1.79 bits per heavy atom. The van der Waals surface area contributed by atoms with Crippen LogP contribution >= 0.6 is 0 Å². The molecule has 3 rings (SSSR count). The minimum Gasteiger partial charge on any atom is -0.396 e. The Bertz CT molecular complexity index is 487. The molecule has 0 aromatic carbocycles. The van der Waals surface area contributed by atoms with Gasteiger partial charge in [-0.3, -0.25) is 0 Å². The number of rotatable bonds is 3. The van der Waals surface area contributed by atoms with E-state index >= 15 is 0 Å². The average Bonchev–Trinajstić information content (AvgIpc) is 2.92. The maximum Gasteiger partial charge on any atom is 0.0544 e. The number of aliphatic hydroxyl groups is 3. The van der Waals surface area contributed by atoms with E-state index < -0.39 is 0 Å². The SMILES string of the molecule is C/C=C1\CCC2[C@H](CO)C([C@@]3(C)CC[C@H](O)C[C@@H]3CO)CC[C@]12C. The molecule has 0 bridgehead atoms. The Balaban J connectivity index is 1.89. The van der Waals surface area contributed by atoms with Gasteiger partial charge in [-0.1, -0.05) is 25.5 Å². The van der Waals surface area contributed by atoms with Crippen molar-refractivity contribution >= 4 is 0 Å². The summed E-state index contributed by atoms with van der Waals surface area (Å²) in [7, 11) is 0. The maximum absolute atomic E-state index is 10.3. The molecule has 24 heavy (non-hydrogen) atoms. The van der Waals surface area contributed by atoms with Crippen molar-refractivity contribution in [3.63, 3.8) is 0 Å². The Morgan fingerprint density at radius 1 is 1.04 bits per heavy atom. The van der Waals surface area contributed by atoms with Gasteiger partial charge in [-0.2, -0.15) is 0 Å². The Morgan fingerprint density at radius 3 is 2.42 bits per heavy atom. The van der Waals surface area contributed by atoms with Crippen molar-refractivity contribution in [3.05, 3.63) is 11.6 Å². The second-order valence-electron chi connectivity index (χ2n) is 9.18. The minimum absolute atomic E-state index is 0.0430. The van der Waals surface area contributed by atoms with Crippen molar-refractivity contribution in [3.8, 4) is 0 Å². The van der Waals surface area contributed by atoms with Gasteiger partial charge in [-0.15, -0.1) is 0 Å². The lowest BCUT2D eigenvalue weighted by Crippen LogP contribution is -2.52. The molecule has 0 heterocycles. The van der Waals surface area contributed by atoms with Gasteiger partial charge in [0.1, 0.15) is 0 Å². The highest BCUT2D eigenvalue weighted by Crippen LogP contribution is 2.63. The van der Waals surface area contributed by atoms with Crippen LogP contribution in [0, 0.1) is 34.5 Å². The van der Waals surface area contributed by atoms with E-state index in [-0.39, 0.29) is 36.1 Å². The Hall–Kier alpha value is -0.380. The standard InChI is InChI=1S/C21H36O3/c1-4-14-5-6-18-17(13-23)19(8-10-20(14,18)2)21(3)9-7-16(24)11-15(21)12-22/h4,15-19,22-24H,5-13H2,1-3H3/b14-4+/t15-,16+,17+,18?,19?,20-,21+/m1/s1. The summed E-state index contributed by atoms with van der Waals surface area (Å²) in [5.41, 5.74) is 1.89. The normalized spacial score (nSPS) is 50.9. The smallest absolute Gasteiger partial charge is 0.0544 e. The van der Waals surface area contributed by atoms with Crippen LogP contribution in [0.3, 0.4) is 0 Å². The van der Waals surface area contributed by atoms with E-state index in [1.807, 2.05) is 0 Å². The van der Waals surface area contributed by atoms with Gasteiger partial charge in [0.2, 0.25) is 0 Å². The van der Waals surface area contributed by atoms with Gasteiger partial charge < -0.3 is 15.3 Å². The largest absolute Gasteiger partial charge is 0.396 e. The first kappa shape index (κ1) is 18.4. The molecule has 0 spiro atoms. The summed E-state index contributed by atoms with van der Waals surface area (Å²) in [6.45, 7) is 7.31. The molecule has 0 aromatic heterocycles. The van der Waals surface area contributed by atoms with Gasteiger partial charge in [0.05, 0.1) is 6.10 Å². The molecule has 0 radical (unpaired) electrons. The summed E-state index contributed by atoms with van der Waals surface area (Å²) >= 11 is 0. The molecule has 7 atom stereocenters. The van der Waals surface area contributed by atoms with E-state index in [2.05, 4.69) is 26.8 Å². The number of hydrogen-bond donors (Lipinski definition) is 3. The van der Waals surface area contributed by atoms with Crippen LogP contribution in [-0.4, -0.2) is 34.6 Å². The van der Waals surface area contributed by atoms with Gasteiger partial charge in [-0.05, 0) is 86.4 Å². The molecule has 3 heteroatoms. The van der Waals surface area contributed by atoms with Gasteiger partial charge in [0.15, 0.2) is 0 Å². The second kappa shape index (κ2) is 6.74. The number of fused-ring (bicyclic) bond motifs is 1. The van der Waals surface area contributed by atoms with E-state index in [0.717, 1.165) is 19.3 Å². The van der Waals surface area contributed by atoms with E-state index in [4.69, 9.17) is 0 Å². The fourth-order valence-electron chi connectivity index (χ4n) is 6.85. The minimum atomic E-state index is -0.266. The second-order valence-corrected chi connectivity index (χ2v) is 9.18. The van der Waals surface area contributed by atoms with Crippen LogP contribution in [0.5, 0.6) is 0 Å². The van der Waals surface area contributed by atoms with E-state index in [0.29, 0.717) is 24.2 Å². The zero-order chi connectivity index (χ0) is 17.5. The topological polar surface area (TPSA) is 60.7 Å². The van der Waals surface area contributed by atoms with Crippen LogP contribution in [-0.2, 0) is 0 Å². The first-order valence-corrected chi connectivity index (χ1v) is 9.96. The summed E-state index contributed by atoms with van der Waals surface area (Å²) in [5.74, 6) is 1.51. The summed E-state index contributed by atoms with van der Waals surface area (Å²) in [4.78, 5) is 0. The van der Waals surface area contributed by atoms with Crippen molar-refractivity contribution in [2.45, 2.75) is 71.8 Å². The van der Waals surface area contributed by atoms with Crippen LogP contribution in [0.25, 0.3) is 0 Å². The number of allylic oxidation sites excluding steroid dienone is 2. The molecule has 2 unspecified atom stereocenters. The van der Waals surface area contributed by atoms with Gasteiger partial charge in [0.25, 0.3) is 0 Å². The molecule has 3 aliphatic carbocycles. The third-order valence-electron chi connectivity index (χ3n) is 8.42. The molecule has 3 saturated carbocycles. The fraction of sp³-hybridized carbons (Fsp3) is 0.905. The quantitative estimate of drug-likeness (QED) is 0.691. The summed E-state index contributed by atoms with van der Waals surface area (Å²) in [5, 5.41) is 30.3. The van der Waals surface area contributed by atoms with Gasteiger partial charge >= 0.3 is 0 Å². The molecule has 3 nitrogen and oxygen atoms in total. The molecule has 138 valence electrons. The van der Waals surface area contributed by atoms with Crippen molar-refractivity contribution in [1.29, 1.82) is 0 Å². The summed E-state index contributed by atoms with van der Waals surface area (Å²) in [6.07, 6.45) is 9.28. The zero-order valence-corrected chi connectivity index (χ0v) is 15.7. The van der Waals surface area contributed by atoms with Crippen LogP contribution in [0.2, 0.25) is 0 Å². The van der Waals surface area contributed by atoms with E-state index in [1.54, 1.807) is 5.57 Å². The Kier molecular flexibility index (Phi) is 5.17. The highest BCUT2D eigenvalue weighted by Gasteiger charge is 2.56. The predicted octanol–water partition coefficient (Wildman–Crippen LogP) is 3.53. The van der Waals surface area contributed by atoms with Crippen LogP contribution < -0.4 is 0 Å². The van der Waals surface area contributed by atoms with Gasteiger partial charge in [0, 0.05) is 13.2 Å². The van der Waals surface area contributed by atoms with Crippen LogP contribution in [0.15, 0.2) is 11.6 Å². The lowest BCUT2D eigenvalue weighted by atomic mass is 9.49. The monoisotopic (exact) mass is 336 g/mol. The van der Waals surface area contributed by atoms with Crippen LogP contribution in [0.1, 0.15) is 65.7 Å². The summed E-state index contributed by atoms with van der Waals surface area (Å²) in [6, 6.07) is 0. The Labute approximate surface area is 147 Å². The van der Waals surface area contributed by atoms with Crippen molar-refractivity contribution < 1.29 is 15.3 Å². The van der Waals surface area contributed by atoms with Crippen molar-refractivity contribution in [2.75, 3.05) is 13.2 Å². The van der Waals surface area contributed by atoms with Crippen molar-refractivity contribution in [2.24, 2.45) is 34.5 Å². The molecular formula is C21H36O3. The number of aliphatic hydroxyl groups excluding tert-OH is 3. The first-order valence-electron chi connectivity index (χ1n) is 9.96. The van der Waals surface area contributed by atoms with E-state index in [9.17, 15) is 15.3 Å². The molecular weight excluding hydrogens is 300 g/mol. The van der Waals surface area contributed by atoms with Crippen LogP contribution in [0.4, 0.5) is 0 Å². The molecule has 0 amide bonds. The molecule has 0 aromatic rings. The van der Waals surface area contributed by atoms with Crippen molar-refractivity contribution in [1.82, 2.24) is 0 Å². The summed E-state index contributed by atoms with van der Waals surface area (Å²) < 4.78 is 0. The maximum atomic E-state index is 10.3. The third kappa shape index (κ3) is 2.68. The van der Waals surface area contributed by atoms with E-state index in [1.165, 1.54) is 19.3 Å². The average molecular weight is 337 g/mol.